The summed E-state index contributed by atoms with van der Waals surface area (Å²) in [5.41, 5.74) is 1.65. The van der Waals surface area contributed by atoms with E-state index in [1.54, 1.807) is 19.2 Å². The summed E-state index contributed by atoms with van der Waals surface area (Å²) in [7, 11) is 1.68. The number of hydrogen-bond acceptors (Lipinski definition) is 3. The number of ether oxygens (including phenoxy) is 1. The fraction of sp³-hybridized carbons (Fsp3) is 0.579. The molecule has 1 aliphatic rings. The van der Waals surface area contributed by atoms with E-state index in [0.717, 1.165) is 18.5 Å². The van der Waals surface area contributed by atoms with Gasteiger partial charge in [0.2, 0.25) is 5.91 Å². The number of carbonyl (C=O) groups excluding carboxylic acids is 1. The molecule has 1 aliphatic heterocycles. The second-order valence-electron chi connectivity index (χ2n) is 6.67. The Morgan fingerprint density at radius 1 is 1.29 bits per heavy atom. The van der Waals surface area contributed by atoms with Crippen molar-refractivity contribution in [2.24, 2.45) is 4.99 Å². The quantitative estimate of drug-likeness (QED) is 0.545. The third-order valence-corrected chi connectivity index (χ3v) is 4.43. The van der Waals surface area contributed by atoms with Crippen LogP contribution in [0.2, 0.25) is 0 Å². The van der Waals surface area contributed by atoms with E-state index in [1.807, 2.05) is 24.0 Å². The zero-order chi connectivity index (χ0) is 20.6. The Bertz CT molecular complexity index is 662. The first-order valence-corrected chi connectivity index (χ1v) is 9.28. The lowest BCUT2D eigenvalue weighted by atomic mass is 10.1. The van der Waals surface area contributed by atoms with Crippen LogP contribution in [0.1, 0.15) is 30.9 Å². The molecule has 0 spiro atoms. The molecule has 0 aromatic heterocycles. The molecule has 0 aliphatic carbocycles. The van der Waals surface area contributed by atoms with Crippen molar-refractivity contribution in [2.45, 2.75) is 45.1 Å². The Hall–Kier alpha value is -2.29. The van der Waals surface area contributed by atoms with Crippen LogP contribution in [-0.4, -0.2) is 55.7 Å². The minimum absolute atomic E-state index is 0.0783. The molecule has 28 heavy (non-hydrogen) atoms. The molecule has 6 nitrogen and oxygen atoms in total. The minimum Gasteiger partial charge on any atom is -0.367 e. The van der Waals surface area contributed by atoms with Crippen molar-refractivity contribution >= 4 is 11.9 Å². The first kappa shape index (κ1) is 22.0. The van der Waals surface area contributed by atoms with Crippen LogP contribution in [0.3, 0.4) is 0 Å². The van der Waals surface area contributed by atoms with Gasteiger partial charge in [0, 0.05) is 39.1 Å². The molecule has 1 amide bonds. The van der Waals surface area contributed by atoms with Gasteiger partial charge < -0.3 is 20.3 Å². The van der Waals surface area contributed by atoms with Crippen LogP contribution in [-0.2, 0) is 22.7 Å². The Morgan fingerprint density at radius 3 is 2.57 bits per heavy atom. The number of rotatable bonds is 7. The van der Waals surface area contributed by atoms with Gasteiger partial charge in [-0.15, -0.1) is 0 Å². The minimum atomic E-state index is -4.31. The van der Waals surface area contributed by atoms with E-state index in [2.05, 4.69) is 20.4 Å². The number of aliphatic imine (C=N–C) groups is 1. The van der Waals surface area contributed by atoms with E-state index < -0.39 is 12.8 Å². The van der Waals surface area contributed by atoms with Crippen LogP contribution in [0.15, 0.2) is 29.3 Å². The fourth-order valence-electron chi connectivity index (χ4n) is 2.94. The summed E-state index contributed by atoms with van der Waals surface area (Å²) in [4.78, 5) is 17.8. The Morgan fingerprint density at radius 2 is 1.96 bits per heavy atom. The van der Waals surface area contributed by atoms with E-state index in [9.17, 15) is 18.0 Å². The molecule has 1 aromatic rings. The summed E-state index contributed by atoms with van der Waals surface area (Å²) in [6, 6.07) is 7.33. The highest BCUT2D eigenvalue weighted by molar-refractivity contribution is 5.80. The van der Waals surface area contributed by atoms with Crippen LogP contribution in [0.25, 0.3) is 0 Å². The number of likely N-dealkylation sites (tertiary alicyclic amines) is 1. The molecule has 1 aromatic carbocycles. The van der Waals surface area contributed by atoms with Gasteiger partial charge in [0.05, 0.1) is 6.61 Å². The van der Waals surface area contributed by atoms with Crippen LogP contribution in [0.4, 0.5) is 13.2 Å². The van der Waals surface area contributed by atoms with E-state index >= 15 is 0 Å². The highest BCUT2D eigenvalue weighted by Crippen LogP contribution is 2.16. The smallest absolute Gasteiger partial charge is 0.367 e. The summed E-state index contributed by atoms with van der Waals surface area (Å²) in [6.45, 7) is 2.47. The van der Waals surface area contributed by atoms with Gasteiger partial charge in [-0.2, -0.15) is 13.2 Å². The molecule has 2 N–H and O–H groups in total. The molecule has 1 unspecified atom stereocenters. The molecule has 0 radical (unpaired) electrons. The molecule has 1 fully saturated rings. The lowest BCUT2D eigenvalue weighted by Gasteiger charge is -2.18. The number of amides is 1. The number of halogens is 3. The molecule has 0 saturated carbocycles. The molecular formula is C19H27F3N4O2. The number of guanidine groups is 1. The van der Waals surface area contributed by atoms with Gasteiger partial charge in [-0.05, 0) is 17.5 Å². The van der Waals surface area contributed by atoms with Crippen molar-refractivity contribution in [2.75, 3.05) is 26.7 Å². The average Bonchev–Trinajstić information content (AvgIpc) is 3.13. The van der Waals surface area contributed by atoms with E-state index in [1.165, 1.54) is 0 Å². The Kier molecular flexibility index (Phi) is 8.10. The predicted molar refractivity (Wildman–Crippen MR) is 101 cm³/mol. The van der Waals surface area contributed by atoms with Crippen molar-refractivity contribution in [3.05, 3.63) is 35.4 Å². The summed E-state index contributed by atoms with van der Waals surface area (Å²) in [5.74, 6) is 0.805. The fourth-order valence-corrected chi connectivity index (χ4v) is 2.94. The molecule has 1 atom stereocenters. The summed E-state index contributed by atoms with van der Waals surface area (Å²) < 4.78 is 40.9. The Balaban J connectivity index is 1.75. The molecule has 156 valence electrons. The predicted octanol–water partition coefficient (Wildman–Crippen LogP) is 2.44. The lowest BCUT2D eigenvalue weighted by Crippen LogP contribution is -2.44. The third-order valence-electron chi connectivity index (χ3n) is 4.43. The maximum absolute atomic E-state index is 12.1. The standard InChI is InChI=1S/C19H27F3N4O2/c1-3-17(27)26-9-8-16(11-26)25-18(23-2)24-10-14-4-6-15(7-5-14)12-28-13-19(20,21)22/h4-7,16H,3,8-13H2,1-2H3,(H2,23,24,25). The normalized spacial score (nSPS) is 17.7. The van der Waals surface area contributed by atoms with Crippen molar-refractivity contribution in [3.63, 3.8) is 0 Å². The van der Waals surface area contributed by atoms with Crippen molar-refractivity contribution in [1.82, 2.24) is 15.5 Å². The summed E-state index contributed by atoms with van der Waals surface area (Å²) in [5, 5.41) is 6.53. The van der Waals surface area contributed by atoms with Gasteiger partial charge >= 0.3 is 6.18 Å². The van der Waals surface area contributed by atoms with Gasteiger partial charge in [-0.25, -0.2) is 0 Å². The van der Waals surface area contributed by atoms with Gasteiger partial charge in [0.15, 0.2) is 5.96 Å². The first-order valence-electron chi connectivity index (χ1n) is 9.28. The molecule has 0 bridgehead atoms. The molecule has 1 heterocycles. The monoisotopic (exact) mass is 400 g/mol. The second-order valence-corrected chi connectivity index (χ2v) is 6.67. The van der Waals surface area contributed by atoms with Crippen molar-refractivity contribution in [3.8, 4) is 0 Å². The molecule has 2 rings (SSSR count). The number of carbonyl (C=O) groups is 1. The zero-order valence-electron chi connectivity index (χ0n) is 16.2. The SMILES string of the molecule is CCC(=O)N1CCC(NC(=NC)NCc2ccc(COCC(F)(F)F)cc2)C1. The van der Waals surface area contributed by atoms with Gasteiger partial charge in [-0.1, -0.05) is 31.2 Å². The molecule has 9 heteroatoms. The van der Waals surface area contributed by atoms with Gasteiger partial charge in [0.1, 0.15) is 6.61 Å². The van der Waals surface area contributed by atoms with Crippen molar-refractivity contribution in [1.29, 1.82) is 0 Å². The highest BCUT2D eigenvalue weighted by atomic mass is 19.4. The third kappa shape index (κ3) is 7.38. The number of hydrogen-bond donors (Lipinski definition) is 2. The molecular weight excluding hydrogens is 373 g/mol. The second kappa shape index (κ2) is 10.3. The lowest BCUT2D eigenvalue weighted by molar-refractivity contribution is -0.176. The van der Waals surface area contributed by atoms with Crippen LogP contribution in [0.5, 0.6) is 0 Å². The highest BCUT2D eigenvalue weighted by Gasteiger charge is 2.27. The van der Waals surface area contributed by atoms with E-state index in [4.69, 9.17) is 0 Å². The van der Waals surface area contributed by atoms with Gasteiger partial charge in [-0.3, -0.25) is 9.79 Å². The van der Waals surface area contributed by atoms with E-state index in [0.29, 0.717) is 31.0 Å². The Labute approximate surface area is 163 Å². The number of alkyl halides is 3. The molecule has 1 saturated heterocycles. The number of nitrogens with zero attached hydrogens (tertiary/aromatic N) is 2. The maximum Gasteiger partial charge on any atom is 0.411 e. The largest absolute Gasteiger partial charge is 0.411 e. The van der Waals surface area contributed by atoms with Crippen LogP contribution in [0, 0.1) is 0 Å². The zero-order valence-corrected chi connectivity index (χ0v) is 16.2. The maximum atomic E-state index is 12.1. The van der Waals surface area contributed by atoms with Crippen LogP contribution >= 0.6 is 0 Å². The first-order chi connectivity index (χ1) is 13.3. The summed E-state index contributed by atoms with van der Waals surface area (Å²) in [6.07, 6.45) is -2.93. The van der Waals surface area contributed by atoms with Crippen LogP contribution < -0.4 is 10.6 Å². The average molecular weight is 400 g/mol. The number of benzene rings is 1. The van der Waals surface area contributed by atoms with Crippen molar-refractivity contribution < 1.29 is 22.7 Å². The summed E-state index contributed by atoms with van der Waals surface area (Å²) >= 11 is 0. The van der Waals surface area contributed by atoms with E-state index in [-0.39, 0.29) is 18.6 Å². The number of nitrogens with one attached hydrogen (secondary N) is 2. The van der Waals surface area contributed by atoms with Gasteiger partial charge in [0.25, 0.3) is 0 Å². The topological polar surface area (TPSA) is 66.0 Å².